The van der Waals surface area contributed by atoms with Crippen LogP contribution in [0.2, 0.25) is 0 Å². The minimum atomic E-state index is -1.07. The average Bonchev–Trinajstić information content (AvgIpc) is 3.65. The van der Waals surface area contributed by atoms with E-state index in [9.17, 15) is 9.18 Å². The summed E-state index contributed by atoms with van der Waals surface area (Å²) in [5.74, 6) is -1.40. The second kappa shape index (κ2) is 17.5. The van der Waals surface area contributed by atoms with Crippen LogP contribution in [0.4, 0.5) is 14.9 Å². The molecule has 2 heterocycles. The number of ether oxygens (including phenoxy) is 4. The minimum Gasteiger partial charge on any atom is -0.489 e. The van der Waals surface area contributed by atoms with Crippen molar-refractivity contribution in [1.29, 1.82) is 0 Å². The van der Waals surface area contributed by atoms with Crippen molar-refractivity contribution in [3.05, 3.63) is 202 Å². The third-order valence-electron chi connectivity index (χ3n) is 10.3. The van der Waals surface area contributed by atoms with Crippen LogP contribution in [-0.4, -0.2) is 29.6 Å². The zero-order chi connectivity index (χ0) is 39.1. The lowest BCUT2D eigenvalue weighted by molar-refractivity contribution is -0.261. The Labute approximate surface area is 339 Å². The number of halogens is 2. The van der Waals surface area contributed by atoms with E-state index >= 15 is 4.79 Å². The Hall–Kier alpha value is -5.81. The van der Waals surface area contributed by atoms with Crippen LogP contribution in [0.5, 0.6) is 5.75 Å². The van der Waals surface area contributed by atoms with Gasteiger partial charge in [-0.2, -0.15) is 0 Å². The number of carbonyl (C=O) groups is 2. The molecule has 10 heteroatoms. The van der Waals surface area contributed by atoms with Crippen molar-refractivity contribution < 1.29 is 32.9 Å². The lowest BCUT2D eigenvalue weighted by Crippen LogP contribution is -2.49. The molecule has 0 aromatic heterocycles. The zero-order valence-corrected chi connectivity index (χ0v) is 32.4. The van der Waals surface area contributed by atoms with Gasteiger partial charge in [-0.1, -0.05) is 143 Å². The van der Waals surface area contributed by atoms with E-state index in [2.05, 4.69) is 21.2 Å². The number of cyclic esters (lactones) is 1. The molecule has 1 unspecified atom stereocenters. The summed E-state index contributed by atoms with van der Waals surface area (Å²) in [5.41, 5.74) is 4.61. The number of imide groups is 1. The standard InChI is InChI=1S/C47H40BrFN2O6/c48-35-23-26-38(41(27-35)54-29-31-13-5-1-6-14-31)44(50-37-19-11-4-12-20-37)43(45(52)51-39(30-55-47(51)53)32-15-7-2-8-16-32)42-28-40(33-21-24-36(49)25-22-33)56-46(57-42)34-17-9-3-10-18-34/h1-27,39-40,42-44,46,50H,28-30H2/t39-,40+,42-,43-,44-,46?/m1/s1. The highest BCUT2D eigenvalue weighted by molar-refractivity contribution is 9.10. The summed E-state index contributed by atoms with van der Waals surface area (Å²) in [5, 5.41) is 3.68. The molecule has 2 aliphatic heterocycles. The van der Waals surface area contributed by atoms with Crippen molar-refractivity contribution in [2.24, 2.45) is 5.92 Å². The van der Waals surface area contributed by atoms with Gasteiger partial charge in [0.2, 0.25) is 5.91 Å². The number of amides is 2. The van der Waals surface area contributed by atoms with E-state index < -0.39 is 48.5 Å². The summed E-state index contributed by atoms with van der Waals surface area (Å²) >= 11 is 3.64. The maximum atomic E-state index is 15.7. The highest BCUT2D eigenvalue weighted by atomic mass is 79.9. The first kappa shape index (κ1) is 38.1. The average molecular weight is 828 g/mol. The van der Waals surface area contributed by atoms with Crippen LogP contribution in [0.25, 0.3) is 0 Å². The second-order valence-electron chi connectivity index (χ2n) is 14.0. The first-order valence-electron chi connectivity index (χ1n) is 18.8. The Balaban J connectivity index is 1.29. The first-order chi connectivity index (χ1) is 27.9. The number of rotatable bonds is 12. The van der Waals surface area contributed by atoms with Gasteiger partial charge in [0.15, 0.2) is 6.29 Å². The van der Waals surface area contributed by atoms with Crippen molar-refractivity contribution in [2.75, 3.05) is 11.9 Å². The molecule has 2 aliphatic rings. The summed E-state index contributed by atoms with van der Waals surface area (Å²) in [4.78, 5) is 30.7. The SMILES string of the molecule is O=C1OC[C@H](c2ccccc2)N1C(=O)[C@@H]([C@H](Nc1ccccc1)c1ccc(Br)cc1OCc1ccccc1)[C@H]1C[C@@H](c2ccc(F)cc2)OC(c2ccccc2)O1. The predicted molar refractivity (Wildman–Crippen MR) is 217 cm³/mol. The number of benzene rings is 6. The largest absolute Gasteiger partial charge is 0.489 e. The fourth-order valence-electron chi connectivity index (χ4n) is 7.52. The number of anilines is 1. The second-order valence-corrected chi connectivity index (χ2v) is 14.9. The number of nitrogens with zero attached hydrogens (tertiary/aromatic N) is 1. The molecule has 2 saturated heterocycles. The van der Waals surface area contributed by atoms with Gasteiger partial charge in [-0.05, 0) is 53.1 Å². The zero-order valence-electron chi connectivity index (χ0n) is 30.8. The van der Waals surface area contributed by atoms with Gasteiger partial charge in [-0.25, -0.2) is 14.1 Å². The van der Waals surface area contributed by atoms with Crippen molar-refractivity contribution in [1.82, 2.24) is 4.90 Å². The van der Waals surface area contributed by atoms with Gasteiger partial charge in [0.05, 0.1) is 24.2 Å². The van der Waals surface area contributed by atoms with Crippen LogP contribution in [-0.2, 0) is 25.6 Å². The highest BCUT2D eigenvalue weighted by Crippen LogP contribution is 2.47. The van der Waals surface area contributed by atoms with Crippen LogP contribution in [0.15, 0.2) is 168 Å². The monoisotopic (exact) mass is 826 g/mol. The molecule has 6 aromatic carbocycles. The van der Waals surface area contributed by atoms with E-state index in [1.807, 2.05) is 140 Å². The molecule has 0 saturated carbocycles. The van der Waals surface area contributed by atoms with Gasteiger partial charge in [0.25, 0.3) is 0 Å². The Morgan fingerprint density at radius 1 is 0.772 bits per heavy atom. The fraction of sp³-hybridized carbons (Fsp3) is 0.191. The van der Waals surface area contributed by atoms with Crippen LogP contribution < -0.4 is 10.1 Å². The van der Waals surface area contributed by atoms with Crippen molar-refractivity contribution in [3.63, 3.8) is 0 Å². The summed E-state index contributed by atoms with van der Waals surface area (Å²) in [6.45, 7) is 0.271. The smallest absolute Gasteiger partial charge is 0.417 e. The van der Waals surface area contributed by atoms with Crippen molar-refractivity contribution >= 4 is 33.6 Å². The Bertz CT molecular complexity index is 2270. The Kier molecular flexibility index (Phi) is 11.7. The van der Waals surface area contributed by atoms with Gasteiger partial charge in [-0.15, -0.1) is 0 Å². The lowest BCUT2D eigenvalue weighted by atomic mass is 9.82. The molecule has 57 heavy (non-hydrogen) atoms. The quantitative estimate of drug-likeness (QED) is 0.131. The summed E-state index contributed by atoms with van der Waals surface area (Å²) in [6.07, 6.45) is -2.90. The van der Waals surface area contributed by atoms with Gasteiger partial charge in [0, 0.05) is 27.7 Å². The molecule has 8 nitrogen and oxygen atoms in total. The number of nitrogens with one attached hydrogen (secondary N) is 1. The number of para-hydroxylation sites is 1. The predicted octanol–water partition coefficient (Wildman–Crippen LogP) is 10.9. The van der Waals surface area contributed by atoms with Gasteiger partial charge in [-0.3, -0.25) is 4.79 Å². The van der Waals surface area contributed by atoms with Crippen LogP contribution in [0.3, 0.4) is 0 Å². The molecule has 2 amide bonds. The molecular formula is C47H40BrFN2O6. The van der Waals surface area contributed by atoms with Gasteiger partial charge >= 0.3 is 6.09 Å². The maximum Gasteiger partial charge on any atom is 0.417 e. The third-order valence-corrected chi connectivity index (χ3v) is 10.8. The minimum absolute atomic E-state index is 0.00128. The molecule has 0 bridgehead atoms. The maximum absolute atomic E-state index is 15.7. The van der Waals surface area contributed by atoms with Crippen LogP contribution in [0.1, 0.15) is 58.7 Å². The van der Waals surface area contributed by atoms with Crippen molar-refractivity contribution in [2.45, 2.75) is 43.6 Å². The van der Waals surface area contributed by atoms with Crippen LogP contribution >= 0.6 is 15.9 Å². The lowest BCUT2D eigenvalue weighted by Gasteiger charge is -2.43. The normalized spacial score (nSPS) is 20.3. The van der Waals surface area contributed by atoms with Crippen molar-refractivity contribution in [3.8, 4) is 5.75 Å². The molecule has 6 aromatic rings. The van der Waals surface area contributed by atoms with Crippen LogP contribution in [0, 0.1) is 11.7 Å². The van der Waals surface area contributed by atoms with E-state index in [0.29, 0.717) is 11.3 Å². The molecule has 0 aliphatic carbocycles. The van der Waals surface area contributed by atoms with E-state index in [1.54, 1.807) is 12.1 Å². The summed E-state index contributed by atoms with van der Waals surface area (Å²) < 4.78 is 40.8. The first-order valence-corrected chi connectivity index (χ1v) is 19.6. The molecule has 6 atom stereocenters. The third kappa shape index (κ3) is 8.78. The number of hydrogen-bond acceptors (Lipinski definition) is 7. The summed E-state index contributed by atoms with van der Waals surface area (Å²) in [6, 6.07) is 48.7. The van der Waals surface area contributed by atoms with E-state index in [0.717, 1.165) is 32.4 Å². The van der Waals surface area contributed by atoms with Gasteiger partial charge < -0.3 is 24.3 Å². The Morgan fingerprint density at radius 3 is 2.09 bits per heavy atom. The highest BCUT2D eigenvalue weighted by Gasteiger charge is 2.50. The number of hydrogen-bond donors (Lipinski definition) is 1. The topological polar surface area (TPSA) is 86.3 Å². The molecule has 1 N–H and O–H groups in total. The Morgan fingerprint density at radius 2 is 1.40 bits per heavy atom. The molecule has 2 fully saturated rings. The molecule has 0 radical (unpaired) electrons. The molecule has 8 rings (SSSR count). The summed E-state index contributed by atoms with van der Waals surface area (Å²) in [7, 11) is 0. The molecule has 0 spiro atoms. The molecular weight excluding hydrogens is 787 g/mol. The van der Waals surface area contributed by atoms with E-state index in [-0.39, 0.29) is 25.5 Å². The van der Waals surface area contributed by atoms with Gasteiger partial charge in [0.1, 0.15) is 30.8 Å². The van der Waals surface area contributed by atoms with E-state index in [1.165, 1.54) is 17.0 Å². The number of carbonyl (C=O) groups excluding carboxylic acids is 2. The fourth-order valence-corrected chi connectivity index (χ4v) is 7.86. The molecule has 288 valence electrons. The van der Waals surface area contributed by atoms with E-state index in [4.69, 9.17) is 18.9 Å².